The third-order valence-corrected chi connectivity index (χ3v) is 7.43. The smallest absolute Gasteiger partial charge is 0.258 e. The van der Waals surface area contributed by atoms with Crippen LogP contribution in [0.4, 0.5) is 11.5 Å². The summed E-state index contributed by atoms with van der Waals surface area (Å²) in [5.74, 6) is 0.428. The van der Waals surface area contributed by atoms with E-state index in [1.807, 2.05) is 30.3 Å². The molecule has 0 bridgehead atoms. The molecule has 0 saturated carbocycles. The van der Waals surface area contributed by atoms with Crippen LogP contribution in [-0.2, 0) is 10.0 Å². The first kappa shape index (κ1) is 22.9. The van der Waals surface area contributed by atoms with E-state index in [2.05, 4.69) is 20.2 Å². The number of carbonyl (C=O) groups is 1. The van der Waals surface area contributed by atoms with Crippen LogP contribution in [0.1, 0.15) is 29.6 Å². The minimum Gasteiger partial charge on any atom is -0.371 e. The highest BCUT2D eigenvalue weighted by Crippen LogP contribution is 2.28. The van der Waals surface area contributed by atoms with Crippen molar-refractivity contribution in [3.05, 3.63) is 66.4 Å². The molecule has 33 heavy (non-hydrogen) atoms. The lowest BCUT2D eigenvalue weighted by Crippen LogP contribution is -2.32. The van der Waals surface area contributed by atoms with E-state index in [1.54, 1.807) is 24.4 Å². The number of piperidine rings is 1. The number of benzene rings is 2. The van der Waals surface area contributed by atoms with Gasteiger partial charge in [-0.05, 0) is 43.5 Å². The summed E-state index contributed by atoms with van der Waals surface area (Å²) in [4.78, 5) is 24.3. The predicted molar refractivity (Wildman–Crippen MR) is 129 cm³/mol. The molecule has 0 unspecified atom stereocenters. The molecule has 1 aliphatic heterocycles. The molecule has 1 aliphatic rings. The van der Waals surface area contributed by atoms with Crippen LogP contribution in [0.25, 0.3) is 11.4 Å². The highest BCUT2D eigenvalue weighted by Gasteiger charge is 2.24. The Morgan fingerprint density at radius 2 is 1.73 bits per heavy atom. The number of amides is 1. The standard InChI is InChI=1S/C24H27N5O3S/c1-28(2)33(31,32)19-11-12-21(29-15-7-4-8-16-29)20(17-19)24(30)27-22-13-14-25-23(26-22)18-9-5-3-6-10-18/h3,5-6,9-14,17H,4,7-8,15-16H2,1-2H3,(H,25,26,27,30). The highest BCUT2D eigenvalue weighted by atomic mass is 32.2. The van der Waals surface area contributed by atoms with Gasteiger partial charge in [0.2, 0.25) is 10.0 Å². The molecule has 2 heterocycles. The van der Waals surface area contributed by atoms with Crippen LogP contribution in [0.15, 0.2) is 65.7 Å². The number of carbonyl (C=O) groups excluding carboxylic acids is 1. The molecule has 2 aromatic carbocycles. The average Bonchev–Trinajstić information content (AvgIpc) is 2.85. The first-order valence-corrected chi connectivity index (χ1v) is 12.3. The summed E-state index contributed by atoms with van der Waals surface area (Å²) in [7, 11) is -0.743. The topological polar surface area (TPSA) is 95.5 Å². The summed E-state index contributed by atoms with van der Waals surface area (Å²) >= 11 is 0. The van der Waals surface area contributed by atoms with Crippen molar-refractivity contribution in [3.63, 3.8) is 0 Å². The molecule has 0 radical (unpaired) electrons. The molecule has 4 rings (SSSR count). The lowest BCUT2D eigenvalue weighted by Gasteiger charge is -2.30. The maximum Gasteiger partial charge on any atom is 0.258 e. The summed E-state index contributed by atoms with van der Waals surface area (Å²) in [6, 6.07) is 15.8. The zero-order valence-corrected chi connectivity index (χ0v) is 19.5. The zero-order valence-electron chi connectivity index (χ0n) is 18.7. The van der Waals surface area contributed by atoms with E-state index in [0.717, 1.165) is 47.9 Å². The molecule has 0 aliphatic carbocycles. The minimum atomic E-state index is -3.69. The monoisotopic (exact) mass is 465 g/mol. The van der Waals surface area contributed by atoms with Crippen LogP contribution in [0, 0.1) is 0 Å². The van der Waals surface area contributed by atoms with E-state index in [1.165, 1.54) is 20.2 Å². The average molecular weight is 466 g/mol. The fraction of sp³-hybridized carbons (Fsp3) is 0.292. The minimum absolute atomic E-state index is 0.0751. The van der Waals surface area contributed by atoms with E-state index in [0.29, 0.717) is 17.2 Å². The Balaban J connectivity index is 1.69. The van der Waals surface area contributed by atoms with Gasteiger partial charge in [-0.3, -0.25) is 4.79 Å². The lowest BCUT2D eigenvalue weighted by molar-refractivity contribution is 0.102. The molecule has 8 nitrogen and oxygen atoms in total. The number of hydrogen-bond acceptors (Lipinski definition) is 6. The molecule has 1 aromatic heterocycles. The Hall–Kier alpha value is -3.30. The number of sulfonamides is 1. The maximum atomic E-state index is 13.4. The number of nitrogens with one attached hydrogen (secondary N) is 1. The molecular formula is C24H27N5O3S. The van der Waals surface area contributed by atoms with Crippen LogP contribution in [0.3, 0.4) is 0 Å². The highest BCUT2D eigenvalue weighted by molar-refractivity contribution is 7.89. The third kappa shape index (κ3) is 5.04. The van der Waals surface area contributed by atoms with Crippen molar-refractivity contribution >= 4 is 27.4 Å². The quantitative estimate of drug-likeness (QED) is 0.597. The fourth-order valence-electron chi connectivity index (χ4n) is 3.82. The second-order valence-electron chi connectivity index (χ2n) is 8.10. The van der Waals surface area contributed by atoms with Gasteiger partial charge in [0.25, 0.3) is 5.91 Å². The first-order valence-electron chi connectivity index (χ1n) is 10.9. The molecule has 1 N–H and O–H groups in total. The van der Waals surface area contributed by atoms with Crippen molar-refractivity contribution in [2.24, 2.45) is 0 Å². The van der Waals surface area contributed by atoms with Crippen molar-refractivity contribution in [1.29, 1.82) is 0 Å². The number of nitrogens with zero attached hydrogens (tertiary/aromatic N) is 4. The van der Waals surface area contributed by atoms with Crippen molar-refractivity contribution in [1.82, 2.24) is 14.3 Å². The molecule has 3 aromatic rings. The summed E-state index contributed by atoms with van der Waals surface area (Å²) in [5.41, 5.74) is 1.86. The lowest BCUT2D eigenvalue weighted by atomic mass is 10.1. The predicted octanol–water partition coefficient (Wildman–Crippen LogP) is 3.64. The molecule has 1 amide bonds. The van der Waals surface area contributed by atoms with Gasteiger partial charge in [0.1, 0.15) is 5.82 Å². The van der Waals surface area contributed by atoms with Gasteiger partial charge in [-0.2, -0.15) is 0 Å². The van der Waals surface area contributed by atoms with Crippen molar-refractivity contribution in [2.45, 2.75) is 24.2 Å². The maximum absolute atomic E-state index is 13.4. The number of anilines is 2. The third-order valence-electron chi connectivity index (χ3n) is 5.62. The SMILES string of the molecule is CN(C)S(=O)(=O)c1ccc(N2CCCCC2)c(C(=O)Nc2ccnc(-c3ccccc3)n2)c1. The molecule has 0 atom stereocenters. The van der Waals surface area contributed by atoms with E-state index in [9.17, 15) is 13.2 Å². The van der Waals surface area contributed by atoms with Crippen LogP contribution in [0.2, 0.25) is 0 Å². The molecular weight excluding hydrogens is 438 g/mol. The van der Waals surface area contributed by atoms with Gasteiger partial charge >= 0.3 is 0 Å². The first-order chi connectivity index (χ1) is 15.9. The Morgan fingerprint density at radius 1 is 1.00 bits per heavy atom. The Morgan fingerprint density at radius 3 is 2.42 bits per heavy atom. The van der Waals surface area contributed by atoms with Gasteiger partial charge in [0.05, 0.1) is 10.5 Å². The van der Waals surface area contributed by atoms with Crippen molar-refractivity contribution in [3.8, 4) is 11.4 Å². The van der Waals surface area contributed by atoms with Crippen LogP contribution >= 0.6 is 0 Å². The second kappa shape index (κ2) is 9.68. The van der Waals surface area contributed by atoms with Crippen molar-refractivity contribution < 1.29 is 13.2 Å². The van der Waals surface area contributed by atoms with E-state index in [4.69, 9.17) is 0 Å². The molecule has 1 fully saturated rings. The van der Waals surface area contributed by atoms with Gasteiger partial charge in [-0.1, -0.05) is 30.3 Å². The van der Waals surface area contributed by atoms with Crippen LogP contribution < -0.4 is 10.2 Å². The van der Waals surface area contributed by atoms with Gasteiger partial charge in [-0.15, -0.1) is 0 Å². The Bertz CT molecular complexity index is 1240. The molecule has 9 heteroatoms. The van der Waals surface area contributed by atoms with Gasteiger partial charge in [-0.25, -0.2) is 22.7 Å². The fourth-order valence-corrected chi connectivity index (χ4v) is 4.75. The summed E-state index contributed by atoms with van der Waals surface area (Å²) in [6.45, 7) is 1.65. The van der Waals surface area contributed by atoms with E-state index >= 15 is 0 Å². The second-order valence-corrected chi connectivity index (χ2v) is 10.3. The number of aromatic nitrogens is 2. The zero-order chi connectivity index (χ0) is 23.4. The van der Waals surface area contributed by atoms with E-state index < -0.39 is 15.9 Å². The number of hydrogen-bond donors (Lipinski definition) is 1. The van der Waals surface area contributed by atoms with Gasteiger partial charge in [0.15, 0.2) is 5.82 Å². The summed E-state index contributed by atoms with van der Waals surface area (Å²) < 4.78 is 26.6. The summed E-state index contributed by atoms with van der Waals surface area (Å²) in [5, 5.41) is 2.83. The molecule has 1 saturated heterocycles. The molecule has 172 valence electrons. The Kier molecular flexibility index (Phi) is 6.71. The Labute approximate surface area is 194 Å². The van der Waals surface area contributed by atoms with Gasteiger partial charge in [0, 0.05) is 44.6 Å². The normalized spacial score (nSPS) is 14.3. The van der Waals surface area contributed by atoms with E-state index in [-0.39, 0.29) is 4.90 Å². The largest absolute Gasteiger partial charge is 0.371 e. The summed E-state index contributed by atoms with van der Waals surface area (Å²) in [6.07, 6.45) is 4.80. The van der Waals surface area contributed by atoms with Crippen LogP contribution in [-0.4, -0.2) is 55.8 Å². The van der Waals surface area contributed by atoms with Crippen molar-refractivity contribution in [2.75, 3.05) is 37.4 Å². The number of rotatable bonds is 6. The molecule has 0 spiro atoms. The van der Waals surface area contributed by atoms with Gasteiger partial charge < -0.3 is 10.2 Å². The van der Waals surface area contributed by atoms with Crippen LogP contribution in [0.5, 0.6) is 0 Å².